The van der Waals surface area contributed by atoms with Crippen LogP contribution in [0.1, 0.15) is 82.5 Å². The molecule has 31 heavy (non-hydrogen) atoms. The zero-order valence-electron chi connectivity index (χ0n) is 19.2. The highest BCUT2D eigenvalue weighted by Crippen LogP contribution is 2.51. The molecule has 1 aliphatic heterocycles. The summed E-state index contributed by atoms with van der Waals surface area (Å²) in [6.07, 6.45) is 16.8. The maximum absolute atomic E-state index is 6.59. The smallest absolute Gasteiger partial charge is 0.140 e. The van der Waals surface area contributed by atoms with Gasteiger partial charge in [-0.05, 0) is 76.4 Å². The lowest BCUT2D eigenvalue weighted by Gasteiger charge is -2.33. The van der Waals surface area contributed by atoms with Crippen LogP contribution in [0.4, 0.5) is 0 Å². The molecular weight excluding hydrogens is 378 g/mol. The van der Waals surface area contributed by atoms with Crippen LogP contribution < -0.4 is 0 Å². The number of likely N-dealkylation sites (N-methyl/N-ethyl adjacent to an activating group) is 1. The zero-order chi connectivity index (χ0) is 20.9. The normalized spacial score (nSPS) is 26.4. The summed E-state index contributed by atoms with van der Waals surface area (Å²) in [6.45, 7) is 2.35. The van der Waals surface area contributed by atoms with Crippen LogP contribution in [0.15, 0.2) is 57.2 Å². The number of fused-ring (bicyclic) bond motifs is 4. The molecule has 1 fully saturated rings. The molecule has 2 unspecified atom stereocenters. The SMILES string of the molecule is CC1=C(C2=C(CC3=CCCCC3)C3CCCCC3N2C)c2oc3ccccc3c2CC1. The highest BCUT2D eigenvalue weighted by molar-refractivity contribution is 5.92. The number of nitrogens with zero attached hydrogens (tertiary/aromatic N) is 1. The lowest BCUT2D eigenvalue weighted by atomic mass is 9.78. The second-order valence-electron chi connectivity index (χ2n) is 10.3. The van der Waals surface area contributed by atoms with Crippen molar-refractivity contribution in [2.45, 2.75) is 83.6 Å². The fourth-order valence-corrected chi connectivity index (χ4v) is 6.90. The molecule has 6 rings (SSSR count). The van der Waals surface area contributed by atoms with Crippen molar-refractivity contribution in [3.63, 3.8) is 0 Å². The largest absolute Gasteiger partial charge is 0.456 e. The average Bonchev–Trinajstić information content (AvgIpc) is 3.31. The molecule has 0 radical (unpaired) electrons. The molecule has 2 heteroatoms. The maximum Gasteiger partial charge on any atom is 0.140 e. The molecule has 162 valence electrons. The lowest BCUT2D eigenvalue weighted by molar-refractivity contribution is 0.222. The predicted molar refractivity (Wildman–Crippen MR) is 129 cm³/mol. The Bertz CT molecular complexity index is 1110. The van der Waals surface area contributed by atoms with Crippen molar-refractivity contribution in [1.29, 1.82) is 0 Å². The van der Waals surface area contributed by atoms with Crippen molar-refractivity contribution < 1.29 is 4.42 Å². The van der Waals surface area contributed by atoms with E-state index >= 15 is 0 Å². The molecule has 0 bridgehead atoms. The van der Waals surface area contributed by atoms with Gasteiger partial charge in [0.25, 0.3) is 0 Å². The molecule has 2 atom stereocenters. The summed E-state index contributed by atoms with van der Waals surface area (Å²) in [5.74, 6) is 1.90. The molecule has 4 aliphatic rings. The number of benzene rings is 1. The number of hydrogen-bond donors (Lipinski definition) is 0. The molecule has 2 heterocycles. The van der Waals surface area contributed by atoms with Gasteiger partial charge in [0.1, 0.15) is 11.3 Å². The third-order valence-corrected chi connectivity index (χ3v) is 8.47. The lowest BCUT2D eigenvalue weighted by Crippen LogP contribution is -2.33. The summed E-state index contributed by atoms with van der Waals surface area (Å²) in [5.41, 5.74) is 10.4. The monoisotopic (exact) mass is 413 g/mol. The van der Waals surface area contributed by atoms with Crippen molar-refractivity contribution in [2.24, 2.45) is 5.92 Å². The summed E-state index contributed by atoms with van der Waals surface area (Å²) in [5, 5.41) is 1.32. The summed E-state index contributed by atoms with van der Waals surface area (Å²) in [6, 6.07) is 9.32. The molecule has 1 aromatic heterocycles. The third kappa shape index (κ3) is 3.13. The molecule has 0 N–H and O–H groups in total. The quantitative estimate of drug-likeness (QED) is 0.477. The Kier molecular flexibility index (Phi) is 4.85. The van der Waals surface area contributed by atoms with E-state index < -0.39 is 0 Å². The molecule has 3 aliphatic carbocycles. The highest BCUT2D eigenvalue weighted by atomic mass is 16.3. The minimum absolute atomic E-state index is 0.679. The van der Waals surface area contributed by atoms with E-state index in [1.165, 1.54) is 91.3 Å². The van der Waals surface area contributed by atoms with Gasteiger partial charge < -0.3 is 9.32 Å². The molecule has 0 saturated heterocycles. The predicted octanol–water partition coefficient (Wildman–Crippen LogP) is 7.80. The van der Waals surface area contributed by atoms with Crippen molar-refractivity contribution in [2.75, 3.05) is 7.05 Å². The van der Waals surface area contributed by atoms with E-state index in [4.69, 9.17) is 4.42 Å². The summed E-state index contributed by atoms with van der Waals surface area (Å²) in [4.78, 5) is 2.67. The van der Waals surface area contributed by atoms with Gasteiger partial charge in [0, 0.05) is 41.2 Å². The Morgan fingerprint density at radius 3 is 2.74 bits per heavy atom. The first-order chi connectivity index (χ1) is 15.2. The van der Waals surface area contributed by atoms with Crippen LogP contribution in [0.2, 0.25) is 0 Å². The van der Waals surface area contributed by atoms with Crippen molar-refractivity contribution >= 4 is 16.5 Å². The van der Waals surface area contributed by atoms with E-state index in [0.717, 1.165) is 24.3 Å². The Balaban J connectivity index is 1.52. The van der Waals surface area contributed by atoms with Crippen molar-refractivity contribution in [3.8, 4) is 0 Å². The number of allylic oxidation sites excluding steroid dienone is 4. The Morgan fingerprint density at radius 2 is 1.87 bits per heavy atom. The van der Waals surface area contributed by atoms with Crippen molar-refractivity contribution in [1.82, 2.24) is 4.90 Å². The summed E-state index contributed by atoms with van der Waals surface area (Å²) in [7, 11) is 2.37. The molecule has 1 saturated carbocycles. The fourth-order valence-electron chi connectivity index (χ4n) is 6.90. The minimum Gasteiger partial charge on any atom is -0.456 e. The van der Waals surface area contributed by atoms with Gasteiger partial charge >= 0.3 is 0 Å². The number of aryl methyl sites for hydroxylation is 1. The Labute approximate surface area is 186 Å². The van der Waals surface area contributed by atoms with Gasteiger partial charge in [0.05, 0.1) is 0 Å². The van der Waals surface area contributed by atoms with Gasteiger partial charge in [-0.25, -0.2) is 0 Å². The number of rotatable bonds is 3. The molecule has 1 aromatic carbocycles. The van der Waals surface area contributed by atoms with Crippen LogP contribution in [0.3, 0.4) is 0 Å². The van der Waals surface area contributed by atoms with Gasteiger partial charge in [-0.2, -0.15) is 0 Å². The molecular formula is C29H35NO. The average molecular weight is 414 g/mol. The van der Waals surface area contributed by atoms with Crippen LogP contribution in [0.5, 0.6) is 0 Å². The molecule has 2 aromatic rings. The van der Waals surface area contributed by atoms with Gasteiger partial charge in [-0.3, -0.25) is 0 Å². The second kappa shape index (κ2) is 7.73. The van der Waals surface area contributed by atoms with Crippen molar-refractivity contribution in [3.05, 3.63) is 64.1 Å². The topological polar surface area (TPSA) is 16.4 Å². The van der Waals surface area contributed by atoms with Crippen LogP contribution in [0, 0.1) is 5.92 Å². The van der Waals surface area contributed by atoms with E-state index in [9.17, 15) is 0 Å². The first-order valence-corrected chi connectivity index (χ1v) is 12.6. The van der Waals surface area contributed by atoms with Gasteiger partial charge in [0.15, 0.2) is 0 Å². The zero-order valence-corrected chi connectivity index (χ0v) is 19.2. The van der Waals surface area contributed by atoms with E-state index in [1.807, 2.05) is 0 Å². The summed E-state index contributed by atoms with van der Waals surface area (Å²) >= 11 is 0. The Hall–Kier alpha value is -2.22. The number of hydrogen-bond acceptors (Lipinski definition) is 2. The van der Waals surface area contributed by atoms with Gasteiger partial charge in [0.2, 0.25) is 0 Å². The standard InChI is InChI=1S/C29H35NO/c1-19-16-17-23-22-13-7-9-15-26(22)31-29(23)27(19)28-24(18-20-10-4-3-5-11-20)21-12-6-8-14-25(21)30(28)2/h7,9-10,13,15,21,25H,3-6,8,11-12,14,16-18H2,1-2H3. The first kappa shape index (κ1) is 19.5. The minimum atomic E-state index is 0.679. The van der Waals surface area contributed by atoms with Gasteiger partial charge in [-0.1, -0.05) is 48.3 Å². The second-order valence-corrected chi connectivity index (χ2v) is 10.3. The molecule has 0 spiro atoms. The van der Waals surface area contributed by atoms with E-state index in [1.54, 1.807) is 11.1 Å². The first-order valence-electron chi connectivity index (χ1n) is 12.6. The van der Waals surface area contributed by atoms with E-state index in [-0.39, 0.29) is 0 Å². The Morgan fingerprint density at radius 1 is 1.00 bits per heavy atom. The van der Waals surface area contributed by atoms with E-state index in [2.05, 4.69) is 49.2 Å². The van der Waals surface area contributed by atoms with Gasteiger partial charge in [-0.15, -0.1) is 0 Å². The number of furan rings is 1. The molecule has 0 amide bonds. The fraction of sp³-hybridized carbons (Fsp3) is 0.517. The van der Waals surface area contributed by atoms with Crippen LogP contribution in [0.25, 0.3) is 16.5 Å². The van der Waals surface area contributed by atoms with Crippen LogP contribution in [-0.4, -0.2) is 18.0 Å². The molecule has 2 nitrogen and oxygen atoms in total. The number of para-hydroxylation sites is 1. The highest BCUT2D eigenvalue weighted by Gasteiger charge is 2.43. The maximum atomic E-state index is 6.59. The van der Waals surface area contributed by atoms with Crippen LogP contribution in [-0.2, 0) is 6.42 Å². The van der Waals surface area contributed by atoms with E-state index in [0.29, 0.717) is 6.04 Å². The summed E-state index contributed by atoms with van der Waals surface area (Å²) < 4.78 is 6.59. The van der Waals surface area contributed by atoms with Crippen LogP contribution >= 0.6 is 0 Å². The third-order valence-electron chi connectivity index (χ3n) is 8.47.